The first-order valence-corrected chi connectivity index (χ1v) is 8.99. The average Bonchev–Trinajstić information content (AvgIpc) is 3.18. The topological polar surface area (TPSA) is 70.6 Å². The number of rotatable bonds is 5. The summed E-state index contributed by atoms with van der Waals surface area (Å²) in [5, 5.41) is 18.6. The van der Waals surface area contributed by atoms with Crippen LogP contribution in [-0.4, -0.2) is 48.5 Å². The SMILES string of the molecule is O=C(NC[C@H]1OC[C@@H](NC2CCCCC2)[C@@H]1O)c1cccs1. The Kier molecular flexibility index (Phi) is 5.46. The van der Waals surface area contributed by atoms with Crippen molar-refractivity contribution in [2.24, 2.45) is 0 Å². The van der Waals surface area contributed by atoms with E-state index in [9.17, 15) is 9.90 Å². The number of amides is 1. The summed E-state index contributed by atoms with van der Waals surface area (Å²) in [5.41, 5.74) is 0. The fraction of sp³-hybridized carbons (Fsp3) is 0.688. The van der Waals surface area contributed by atoms with Crippen molar-refractivity contribution in [1.82, 2.24) is 10.6 Å². The Labute approximate surface area is 135 Å². The summed E-state index contributed by atoms with van der Waals surface area (Å²) < 4.78 is 5.66. The van der Waals surface area contributed by atoms with Crippen LogP contribution in [0, 0.1) is 0 Å². The van der Waals surface area contributed by atoms with Crippen LogP contribution in [0.5, 0.6) is 0 Å². The number of carbonyl (C=O) groups is 1. The first-order chi connectivity index (χ1) is 10.7. The van der Waals surface area contributed by atoms with Crippen molar-refractivity contribution in [3.8, 4) is 0 Å². The van der Waals surface area contributed by atoms with E-state index in [0.29, 0.717) is 24.1 Å². The highest BCUT2D eigenvalue weighted by Gasteiger charge is 2.37. The molecule has 1 saturated carbocycles. The minimum Gasteiger partial charge on any atom is -0.389 e. The van der Waals surface area contributed by atoms with Gasteiger partial charge in [-0.25, -0.2) is 0 Å². The highest BCUT2D eigenvalue weighted by atomic mass is 32.1. The maximum atomic E-state index is 11.9. The maximum absolute atomic E-state index is 11.9. The normalized spacial score (nSPS) is 29.6. The molecule has 1 aliphatic carbocycles. The molecule has 1 aliphatic heterocycles. The highest BCUT2D eigenvalue weighted by molar-refractivity contribution is 7.12. The fourth-order valence-corrected chi connectivity index (χ4v) is 3.91. The molecule has 3 N–H and O–H groups in total. The zero-order valence-electron chi connectivity index (χ0n) is 12.7. The molecule has 1 amide bonds. The van der Waals surface area contributed by atoms with Gasteiger partial charge in [-0.15, -0.1) is 11.3 Å². The number of thiophene rings is 1. The van der Waals surface area contributed by atoms with Crippen LogP contribution in [0.2, 0.25) is 0 Å². The number of aliphatic hydroxyl groups excluding tert-OH is 1. The molecule has 2 aliphatic rings. The zero-order chi connectivity index (χ0) is 15.4. The lowest BCUT2D eigenvalue weighted by Crippen LogP contribution is -2.48. The van der Waals surface area contributed by atoms with E-state index < -0.39 is 6.10 Å². The van der Waals surface area contributed by atoms with Crippen LogP contribution < -0.4 is 10.6 Å². The van der Waals surface area contributed by atoms with Crippen LogP contribution in [0.15, 0.2) is 17.5 Å². The second-order valence-corrected chi connectivity index (χ2v) is 7.11. The summed E-state index contributed by atoms with van der Waals surface area (Å²) in [6.45, 7) is 0.859. The van der Waals surface area contributed by atoms with Gasteiger partial charge in [0.2, 0.25) is 0 Å². The maximum Gasteiger partial charge on any atom is 0.261 e. The Morgan fingerprint density at radius 3 is 2.91 bits per heavy atom. The monoisotopic (exact) mass is 324 g/mol. The van der Waals surface area contributed by atoms with Gasteiger partial charge in [0.1, 0.15) is 6.10 Å². The van der Waals surface area contributed by atoms with Gasteiger partial charge in [-0.2, -0.15) is 0 Å². The zero-order valence-corrected chi connectivity index (χ0v) is 13.5. The van der Waals surface area contributed by atoms with Crippen LogP contribution in [0.1, 0.15) is 41.8 Å². The third kappa shape index (κ3) is 3.87. The quantitative estimate of drug-likeness (QED) is 0.768. The van der Waals surface area contributed by atoms with Gasteiger partial charge in [0, 0.05) is 12.6 Å². The Bertz CT molecular complexity index is 474. The molecule has 0 bridgehead atoms. The largest absolute Gasteiger partial charge is 0.389 e. The molecular weight excluding hydrogens is 300 g/mol. The number of ether oxygens (including phenoxy) is 1. The standard InChI is InChI=1S/C16H24N2O3S/c19-15-12(18-11-5-2-1-3-6-11)10-21-13(15)9-17-16(20)14-7-4-8-22-14/h4,7-8,11-13,15,18-19H,1-3,5-6,9-10H2,(H,17,20)/t12-,13-,15+/m1/s1. The Morgan fingerprint density at radius 1 is 1.36 bits per heavy atom. The molecule has 0 spiro atoms. The summed E-state index contributed by atoms with van der Waals surface area (Å²) in [6, 6.07) is 4.12. The molecule has 1 saturated heterocycles. The number of nitrogens with one attached hydrogen (secondary N) is 2. The van der Waals surface area contributed by atoms with E-state index in [4.69, 9.17) is 4.74 Å². The minimum absolute atomic E-state index is 0.0215. The van der Waals surface area contributed by atoms with Gasteiger partial charge in [0.25, 0.3) is 5.91 Å². The first-order valence-electron chi connectivity index (χ1n) is 8.11. The minimum atomic E-state index is -0.564. The third-order valence-corrected chi connectivity index (χ3v) is 5.42. The molecule has 0 unspecified atom stereocenters. The van der Waals surface area contributed by atoms with Crippen molar-refractivity contribution in [2.75, 3.05) is 13.2 Å². The van der Waals surface area contributed by atoms with Crippen molar-refractivity contribution in [2.45, 2.75) is 56.4 Å². The number of hydrogen-bond donors (Lipinski definition) is 3. The van der Waals surface area contributed by atoms with E-state index in [2.05, 4.69) is 10.6 Å². The molecule has 0 aromatic carbocycles. The van der Waals surface area contributed by atoms with Crippen molar-refractivity contribution in [3.63, 3.8) is 0 Å². The first kappa shape index (κ1) is 15.9. The summed E-state index contributed by atoms with van der Waals surface area (Å²) in [5.74, 6) is -0.102. The third-order valence-electron chi connectivity index (χ3n) is 4.55. The van der Waals surface area contributed by atoms with Gasteiger partial charge in [0.05, 0.1) is 23.6 Å². The van der Waals surface area contributed by atoms with E-state index in [0.717, 1.165) is 0 Å². The molecule has 2 fully saturated rings. The molecule has 22 heavy (non-hydrogen) atoms. The fourth-order valence-electron chi connectivity index (χ4n) is 3.27. The van der Waals surface area contributed by atoms with E-state index in [1.54, 1.807) is 6.07 Å². The molecule has 2 heterocycles. The van der Waals surface area contributed by atoms with Gasteiger partial charge in [-0.1, -0.05) is 25.3 Å². The molecular formula is C16H24N2O3S. The van der Waals surface area contributed by atoms with E-state index in [1.165, 1.54) is 43.4 Å². The van der Waals surface area contributed by atoms with Gasteiger partial charge in [-0.05, 0) is 24.3 Å². The average molecular weight is 324 g/mol. The second-order valence-electron chi connectivity index (χ2n) is 6.16. The lowest BCUT2D eigenvalue weighted by atomic mass is 9.94. The predicted molar refractivity (Wildman–Crippen MR) is 86.2 cm³/mol. The van der Waals surface area contributed by atoms with Crippen LogP contribution >= 0.6 is 11.3 Å². The molecule has 0 radical (unpaired) electrons. The summed E-state index contributed by atoms with van der Waals surface area (Å²) in [7, 11) is 0. The molecule has 1 aromatic rings. The van der Waals surface area contributed by atoms with Crippen molar-refractivity contribution in [1.29, 1.82) is 0 Å². The number of hydrogen-bond acceptors (Lipinski definition) is 5. The van der Waals surface area contributed by atoms with E-state index >= 15 is 0 Å². The smallest absolute Gasteiger partial charge is 0.261 e. The molecule has 1 aromatic heterocycles. The van der Waals surface area contributed by atoms with Gasteiger partial charge >= 0.3 is 0 Å². The van der Waals surface area contributed by atoms with Crippen LogP contribution in [0.3, 0.4) is 0 Å². The van der Waals surface area contributed by atoms with E-state index in [-0.39, 0.29) is 18.1 Å². The Balaban J connectivity index is 1.44. The predicted octanol–water partition coefficient (Wildman–Crippen LogP) is 1.53. The lowest BCUT2D eigenvalue weighted by molar-refractivity contribution is 0.0395. The Morgan fingerprint density at radius 2 is 2.18 bits per heavy atom. The lowest BCUT2D eigenvalue weighted by Gasteiger charge is -2.27. The summed E-state index contributed by atoms with van der Waals surface area (Å²) in [4.78, 5) is 12.6. The van der Waals surface area contributed by atoms with Crippen LogP contribution in [-0.2, 0) is 4.74 Å². The van der Waals surface area contributed by atoms with Crippen molar-refractivity contribution >= 4 is 17.2 Å². The highest BCUT2D eigenvalue weighted by Crippen LogP contribution is 2.21. The number of carbonyl (C=O) groups excluding carboxylic acids is 1. The van der Waals surface area contributed by atoms with Crippen LogP contribution in [0.4, 0.5) is 0 Å². The molecule has 3 atom stereocenters. The molecule has 3 rings (SSSR count). The van der Waals surface area contributed by atoms with Crippen LogP contribution in [0.25, 0.3) is 0 Å². The molecule has 6 heteroatoms. The second kappa shape index (κ2) is 7.55. The molecule has 122 valence electrons. The van der Waals surface area contributed by atoms with Gasteiger partial charge in [0.15, 0.2) is 0 Å². The van der Waals surface area contributed by atoms with E-state index in [1.807, 2.05) is 11.4 Å². The number of aliphatic hydroxyl groups is 1. The molecule has 5 nitrogen and oxygen atoms in total. The van der Waals surface area contributed by atoms with Crippen molar-refractivity contribution in [3.05, 3.63) is 22.4 Å². The summed E-state index contributed by atoms with van der Waals surface area (Å²) >= 11 is 1.41. The van der Waals surface area contributed by atoms with Gasteiger partial charge < -0.3 is 20.5 Å². The Hall–Kier alpha value is -0.950. The van der Waals surface area contributed by atoms with Gasteiger partial charge in [-0.3, -0.25) is 4.79 Å². The van der Waals surface area contributed by atoms with Crippen molar-refractivity contribution < 1.29 is 14.6 Å². The summed E-state index contributed by atoms with van der Waals surface area (Å²) in [6.07, 6.45) is 5.32.